The molecule has 0 radical (unpaired) electrons. The molecule has 2 saturated heterocycles. The highest BCUT2D eigenvalue weighted by molar-refractivity contribution is 5.80. The molecule has 2 amide bonds. The number of nitrogens with zero attached hydrogens (tertiary/aromatic N) is 3. The van der Waals surface area contributed by atoms with Crippen LogP contribution in [0.3, 0.4) is 0 Å². The number of hydrogen-bond acceptors (Lipinski definition) is 9. The molecule has 11 nitrogen and oxygen atoms in total. The van der Waals surface area contributed by atoms with Crippen molar-refractivity contribution >= 4 is 23.8 Å². The van der Waals surface area contributed by atoms with E-state index in [9.17, 15) is 42.0 Å². The number of fused-ring (bicyclic) bond motifs is 6. The number of esters is 2. The largest absolute Gasteiger partial charge is 0.465 e. The van der Waals surface area contributed by atoms with Crippen molar-refractivity contribution in [1.29, 1.82) is 5.26 Å². The molecule has 9 fully saturated rings. The van der Waals surface area contributed by atoms with E-state index in [0.717, 1.165) is 17.7 Å². The van der Waals surface area contributed by atoms with Crippen molar-refractivity contribution in [3.05, 3.63) is 0 Å². The topological polar surface area (TPSA) is 141 Å². The minimum absolute atomic E-state index is 0.0178. The van der Waals surface area contributed by atoms with Gasteiger partial charge in [0.15, 0.2) is 0 Å². The van der Waals surface area contributed by atoms with Crippen LogP contribution in [0.2, 0.25) is 0 Å². The fourth-order valence-corrected chi connectivity index (χ4v) is 9.65. The molecule has 2 aliphatic heterocycles. The zero-order valence-electron chi connectivity index (χ0n) is 29.1. The molecule has 1 atom stereocenters. The first-order valence-corrected chi connectivity index (χ1v) is 18.6. The first-order chi connectivity index (χ1) is 24.0. The number of nitrogens with one attached hydrogen (secondary N) is 2. The number of halogens is 4. The highest BCUT2D eigenvalue weighted by atomic mass is 19.3. The van der Waals surface area contributed by atoms with Crippen molar-refractivity contribution in [2.45, 2.75) is 132 Å². The van der Waals surface area contributed by atoms with Crippen LogP contribution in [0.25, 0.3) is 0 Å². The van der Waals surface area contributed by atoms with Gasteiger partial charge in [-0.05, 0) is 89.9 Å². The van der Waals surface area contributed by atoms with Crippen LogP contribution in [0, 0.1) is 27.6 Å². The third kappa shape index (κ3) is 7.20. The summed E-state index contributed by atoms with van der Waals surface area (Å²) in [5, 5.41) is 15.9. The number of likely N-dealkylation sites (tertiary alicyclic amines) is 2. The predicted molar refractivity (Wildman–Crippen MR) is 172 cm³/mol. The van der Waals surface area contributed by atoms with Crippen molar-refractivity contribution in [2.75, 3.05) is 45.9 Å². The van der Waals surface area contributed by atoms with E-state index in [1.165, 1.54) is 4.90 Å². The number of amides is 2. The van der Waals surface area contributed by atoms with Crippen LogP contribution in [0.1, 0.15) is 103 Å². The molecule has 15 heteroatoms. The lowest BCUT2D eigenvalue weighted by molar-refractivity contribution is -0.171. The number of nitriles is 1. The van der Waals surface area contributed by atoms with E-state index in [-0.39, 0.29) is 73.6 Å². The van der Waals surface area contributed by atoms with Gasteiger partial charge in [-0.15, -0.1) is 0 Å². The summed E-state index contributed by atoms with van der Waals surface area (Å²) in [6.07, 6.45) is 8.46. The summed E-state index contributed by atoms with van der Waals surface area (Å²) in [6.45, 7) is -0.920. The maximum Gasteiger partial charge on any atom is 0.312 e. The molecule has 2 heterocycles. The van der Waals surface area contributed by atoms with Crippen LogP contribution in [-0.4, -0.2) is 108 Å². The van der Waals surface area contributed by atoms with E-state index in [2.05, 4.69) is 10.6 Å². The number of alkyl halides is 4. The maximum atomic E-state index is 13.8. The van der Waals surface area contributed by atoms with Gasteiger partial charge in [-0.2, -0.15) is 5.26 Å². The maximum absolute atomic E-state index is 13.8. The Morgan fingerprint density at radius 2 is 1.12 bits per heavy atom. The van der Waals surface area contributed by atoms with Crippen LogP contribution in [0.15, 0.2) is 0 Å². The quantitative estimate of drug-likeness (QED) is 0.227. The lowest BCUT2D eigenvalue weighted by atomic mass is 9.57. The zero-order valence-corrected chi connectivity index (χ0v) is 29.1. The van der Waals surface area contributed by atoms with E-state index >= 15 is 0 Å². The van der Waals surface area contributed by atoms with Gasteiger partial charge >= 0.3 is 11.9 Å². The molecule has 2 N–H and O–H groups in total. The van der Waals surface area contributed by atoms with Crippen molar-refractivity contribution in [3.63, 3.8) is 0 Å². The summed E-state index contributed by atoms with van der Waals surface area (Å²) in [4.78, 5) is 54.4. The summed E-state index contributed by atoms with van der Waals surface area (Å²) in [5.74, 6) is -7.16. The van der Waals surface area contributed by atoms with Gasteiger partial charge in [0.2, 0.25) is 11.8 Å². The SMILES string of the molecule is N#CC1CC(F)(F)CN1C(=O)CNC12CCC(C(=O)OCC3(COC(=O)C45CCC(NCC(=O)N6CCC(F)(F)C6)(CC4)CC5)CC3)(CC1)CC2. The molecule has 0 aromatic carbocycles. The Morgan fingerprint density at radius 1 is 0.647 bits per heavy atom. The molecular weight excluding hydrogens is 674 g/mol. The van der Waals surface area contributed by atoms with E-state index in [1.807, 2.05) is 6.07 Å². The van der Waals surface area contributed by atoms with E-state index in [4.69, 9.17) is 9.47 Å². The fourth-order valence-electron chi connectivity index (χ4n) is 9.65. The number of carbonyl (C=O) groups is 4. The van der Waals surface area contributed by atoms with Crippen LogP contribution < -0.4 is 10.6 Å². The zero-order chi connectivity index (χ0) is 36.3. The van der Waals surface area contributed by atoms with E-state index in [1.54, 1.807) is 0 Å². The molecule has 282 valence electrons. The number of ether oxygens (including phenoxy) is 2. The number of rotatable bonds is 12. The standard InChI is InChI=1S/C36H49F4N5O6/c37-35(38)15-16-44(21-35)26(46)19-42-33-9-3-31(4-10-33,5-11-33)28(48)50-23-30(1-2-30)24-51-29(49)32-6-12-34(13-7-32,14-8-32)43-20-27(47)45-22-36(39,40)17-25(45)18-41/h25,42-43H,1-17,19-24H2. The molecule has 9 rings (SSSR count). The van der Waals surface area contributed by atoms with Gasteiger partial charge in [-0.25, -0.2) is 17.6 Å². The Bertz CT molecular complexity index is 1430. The second-order valence-corrected chi connectivity index (χ2v) is 17.1. The first-order valence-electron chi connectivity index (χ1n) is 18.6. The highest BCUT2D eigenvalue weighted by Gasteiger charge is 2.57. The average Bonchev–Trinajstić information content (AvgIpc) is 3.71. The van der Waals surface area contributed by atoms with Crippen LogP contribution in [0.5, 0.6) is 0 Å². The molecule has 1 unspecified atom stereocenters. The first kappa shape index (κ1) is 36.4. The molecular formula is C36H49F4N5O6. The van der Waals surface area contributed by atoms with Gasteiger partial charge < -0.3 is 29.9 Å². The van der Waals surface area contributed by atoms with Crippen molar-refractivity contribution in [2.24, 2.45) is 16.2 Å². The van der Waals surface area contributed by atoms with Crippen LogP contribution >= 0.6 is 0 Å². The third-order valence-electron chi connectivity index (χ3n) is 13.8. The average molecular weight is 724 g/mol. The Morgan fingerprint density at radius 3 is 1.53 bits per heavy atom. The third-order valence-corrected chi connectivity index (χ3v) is 13.8. The Kier molecular flexibility index (Phi) is 9.16. The van der Waals surface area contributed by atoms with Gasteiger partial charge in [-0.1, -0.05) is 0 Å². The minimum atomic E-state index is -3.06. The monoisotopic (exact) mass is 723 g/mol. The summed E-state index contributed by atoms with van der Waals surface area (Å²) >= 11 is 0. The van der Waals surface area contributed by atoms with Gasteiger partial charge in [0, 0.05) is 35.9 Å². The molecule has 7 aliphatic carbocycles. The molecule has 0 spiro atoms. The number of hydrogen-bond donors (Lipinski definition) is 2. The van der Waals surface area contributed by atoms with Crippen molar-refractivity contribution in [3.8, 4) is 6.07 Å². The summed E-state index contributed by atoms with van der Waals surface area (Å²) in [5.41, 5.74) is -2.17. The van der Waals surface area contributed by atoms with Crippen molar-refractivity contribution in [1.82, 2.24) is 20.4 Å². The fraction of sp³-hybridized carbons (Fsp3) is 0.861. The smallest absolute Gasteiger partial charge is 0.312 e. The lowest BCUT2D eigenvalue weighted by Crippen LogP contribution is -2.59. The summed E-state index contributed by atoms with van der Waals surface area (Å²) in [6, 6.07) is 0.680. The Hall–Kier alpha value is -2.99. The van der Waals surface area contributed by atoms with Crippen LogP contribution in [-0.2, 0) is 28.7 Å². The Labute approximate surface area is 295 Å². The second kappa shape index (κ2) is 12.8. The second-order valence-electron chi connectivity index (χ2n) is 17.1. The summed E-state index contributed by atoms with van der Waals surface area (Å²) in [7, 11) is 0. The summed E-state index contributed by atoms with van der Waals surface area (Å²) < 4.78 is 66.6. The highest BCUT2D eigenvalue weighted by Crippen LogP contribution is 2.55. The normalized spacial score (nSPS) is 36.8. The molecule has 9 aliphatic rings. The predicted octanol–water partition coefficient (Wildman–Crippen LogP) is 3.85. The van der Waals surface area contributed by atoms with Gasteiger partial charge in [0.1, 0.15) is 19.3 Å². The van der Waals surface area contributed by atoms with Gasteiger partial charge in [0.05, 0.1) is 43.1 Å². The molecule has 51 heavy (non-hydrogen) atoms. The van der Waals surface area contributed by atoms with Crippen LogP contribution in [0.4, 0.5) is 17.6 Å². The van der Waals surface area contributed by atoms with Crippen molar-refractivity contribution < 1.29 is 46.2 Å². The molecule has 0 aromatic heterocycles. The molecule has 0 aromatic rings. The molecule has 4 bridgehead atoms. The van der Waals surface area contributed by atoms with Gasteiger partial charge in [0.25, 0.3) is 11.8 Å². The van der Waals surface area contributed by atoms with E-state index < -0.39 is 54.1 Å². The number of carbonyl (C=O) groups excluding carboxylic acids is 4. The minimum Gasteiger partial charge on any atom is -0.465 e. The van der Waals surface area contributed by atoms with Gasteiger partial charge in [-0.3, -0.25) is 19.2 Å². The Balaban J connectivity index is 0.825. The lowest BCUT2D eigenvalue weighted by Gasteiger charge is -2.52. The van der Waals surface area contributed by atoms with E-state index in [0.29, 0.717) is 77.0 Å². The molecule has 7 saturated carbocycles.